The summed E-state index contributed by atoms with van der Waals surface area (Å²) >= 11 is 0. The fraction of sp³-hybridized carbons (Fsp3) is 0.0769. The SMILES string of the molecule is O=C(O)c1cc([N+](=O)[O-])cnc1NCc1ccc(F)cc1. The largest absolute Gasteiger partial charge is 0.478 e. The monoisotopic (exact) mass is 291 g/mol. The second-order valence-corrected chi connectivity index (χ2v) is 4.13. The van der Waals surface area contributed by atoms with E-state index in [-0.39, 0.29) is 23.7 Å². The molecule has 8 heteroatoms. The van der Waals surface area contributed by atoms with Crippen molar-refractivity contribution in [2.45, 2.75) is 6.54 Å². The molecule has 108 valence electrons. The lowest BCUT2D eigenvalue weighted by molar-refractivity contribution is -0.385. The van der Waals surface area contributed by atoms with Gasteiger partial charge in [-0.25, -0.2) is 14.2 Å². The van der Waals surface area contributed by atoms with Gasteiger partial charge in [-0.1, -0.05) is 12.1 Å². The Morgan fingerprint density at radius 2 is 2.05 bits per heavy atom. The fourth-order valence-electron chi connectivity index (χ4n) is 1.65. The van der Waals surface area contributed by atoms with Crippen LogP contribution in [-0.2, 0) is 6.54 Å². The lowest BCUT2D eigenvalue weighted by atomic mass is 10.2. The van der Waals surface area contributed by atoms with E-state index >= 15 is 0 Å². The van der Waals surface area contributed by atoms with Crippen molar-refractivity contribution in [3.05, 3.63) is 63.6 Å². The molecule has 0 spiro atoms. The van der Waals surface area contributed by atoms with Gasteiger partial charge in [-0.15, -0.1) is 0 Å². The Hall–Kier alpha value is -3.03. The maximum atomic E-state index is 12.8. The van der Waals surface area contributed by atoms with Crippen molar-refractivity contribution in [2.75, 3.05) is 5.32 Å². The predicted octanol–water partition coefficient (Wildman–Crippen LogP) is 2.44. The molecule has 21 heavy (non-hydrogen) atoms. The van der Waals surface area contributed by atoms with E-state index in [9.17, 15) is 19.3 Å². The van der Waals surface area contributed by atoms with Gasteiger partial charge >= 0.3 is 5.97 Å². The molecule has 1 aromatic heterocycles. The Morgan fingerprint density at radius 1 is 1.38 bits per heavy atom. The van der Waals surface area contributed by atoms with Gasteiger partial charge in [0.1, 0.15) is 23.4 Å². The number of carboxylic acid groups (broad SMARTS) is 1. The number of pyridine rings is 1. The van der Waals surface area contributed by atoms with Crippen molar-refractivity contribution in [1.82, 2.24) is 4.98 Å². The molecule has 0 aliphatic rings. The fourth-order valence-corrected chi connectivity index (χ4v) is 1.65. The summed E-state index contributed by atoms with van der Waals surface area (Å²) < 4.78 is 12.8. The highest BCUT2D eigenvalue weighted by Crippen LogP contribution is 2.19. The van der Waals surface area contributed by atoms with Crippen LogP contribution in [0.2, 0.25) is 0 Å². The summed E-state index contributed by atoms with van der Waals surface area (Å²) in [7, 11) is 0. The average Bonchev–Trinajstić information content (AvgIpc) is 2.46. The van der Waals surface area contributed by atoms with E-state index < -0.39 is 16.6 Å². The van der Waals surface area contributed by atoms with Gasteiger partial charge in [-0.05, 0) is 17.7 Å². The number of carboxylic acids is 1. The van der Waals surface area contributed by atoms with Crippen LogP contribution in [0.5, 0.6) is 0 Å². The topological polar surface area (TPSA) is 105 Å². The third-order valence-electron chi connectivity index (χ3n) is 2.69. The number of hydrogen-bond donors (Lipinski definition) is 2. The molecule has 2 aromatic rings. The summed E-state index contributed by atoms with van der Waals surface area (Å²) in [6.45, 7) is 0.214. The van der Waals surface area contributed by atoms with Gasteiger partial charge < -0.3 is 10.4 Å². The third kappa shape index (κ3) is 3.50. The second-order valence-electron chi connectivity index (χ2n) is 4.13. The number of aromatic nitrogens is 1. The number of carbonyl (C=O) groups is 1. The van der Waals surface area contributed by atoms with Crippen molar-refractivity contribution >= 4 is 17.5 Å². The van der Waals surface area contributed by atoms with E-state index in [1.807, 2.05) is 0 Å². The van der Waals surface area contributed by atoms with Crippen LogP contribution in [0, 0.1) is 15.9 Å². The summed E-state index contributed by atoms with van der Waals surface area (Å²) in [5.74, 6) is -1.69. The molecule has 2 N–H and O–H groups in total. The zero-order chi connectivity index (χ0) is 15.4. The quantitative estimate of drug-likeness (QED) is 0.647. The molecule has 0 aliphatic carbocycles. The molecule has 0 amide bonds. The third-order valence-corrected chi connectivity index (χ3v) is 2.69. The minimum atomic E-state index is -1.33. The molecular weight excluding hydrogens is 281 g/mol. The Kier molecular flexibility index (Phi) is 4.07. The summed E-state index contributed by atoms with van der Waals surface area (Å²) in [5, 5.41) is 22.4. The van der Waals surface area contributed by atoms with Gasteiger partial charge in [0.05, 0.1) is 4.92 Å². The van der Waals surface area contributed by atoms with E-state index in [1.54, 1.807) is 0 Å². The Labute approximate surface area is 118 Å². The molecule has 1 aromatic carbocycles. The molecule has 0 saturated carbocycles. The maximum absolute atomic E-state index is 12.8. The smallest absolute Gasteiger partial charge is 0.339 e. The van der Waals surface area contributed by atoms with Crippen LogP contribution in [0.25, 0.3) is 0 Å². The van der Waals surface area contributed by atoms with Crippen LogP contribution in [0.4, 0.5) is 15.9 Å². The lowest BCUT2D eigenvalue weighted by Gasteiger charge is -2.08. The molecular formula is C13H10FN3O4. The van der Waals surface area contributed by atoms with E-state index in [0.717, 1.165) is 12.3 Å². The summed E-state index contributed by atoms with van der Waals surface area (Å²) in [6.07, 6.45) is 0.972. The number of nitrogens with one attached hydrogen (secondary N) is 1. The summed E-state index contributed by atoms with van der Waals surface area (Å²) in [4.78, 5) is 24.7. The van der Waals surface area contributed by atoms with Crippen LogP contribution in [0.3, 0.4) is 0 Å². The number of aromatic carboxylic acids is 1. The van der Waals surface area contributed by atoms with Crippen molar-refractivity contribution in [2.24, 2.45) is 0 Å². The van der Waals surface area contributed by atoms with Crippen molar-refractivity contribution in [3.8, 4) is 0 Å². The van der Waals surface area contributed by atoms with E-state index in [2.05, 4.69) is 10.3 Å². The van der Waals surface area contributed by atoms with Crippen molar-refractivity contribution in [1.29, 1.82) is 0 Å². The zero-order valence-electron chi connectivity index (χ0n) is 10.6. The number of halogens is 1. The van der Waals surface area contributed by atoms with Crippen molar-refractivity contribution < 1.29 is 19.2 Å². The first-order valence-electron chi connectivity index (χ1n) is 5.83. The maximum Gasteiger partial charge on any atom is 0.339 e. The molecule has 0 saturated heterocycles. The van der Waals surface area contributed by atoms with Crippen LogP contribution in [0.15, 0.2) is 36.5 Å². The van der Waals surface area contributed by atoms with E-state index in [4.69, 9.17) is 5.11 Å². The van der Waals surface area contributed by atoms with Gasteiger partial charge in [0, 0.05) is 12.6 Å². The lowest BCUT2D eigenvalue weighted by Crippen LogP contribution is -2.09. The first kappa shape index (κ1) is 14.4. The van der Waals surface area contributed by atoms with Gasteiger partial charge in [0.2, 0.25) is 0 Å². The molecule has 0 atom stereocenters. The number of rotatable bonds is 5. The molecule has 0 radical (unpaired) electrons. The van der Waals surface area contributed by atoms with Crippen LogP contribution in [-0.4, -0.2) is 21.0 Å². The van der Waals surface area contributed by atoms with E-state index in [0.29, 0.717) is 5.56 Å². The van der Waals surface area contributed by atoms with Gasteiger partial charge in [0.25, 0.3) is 5.69 Å². The molecule has 0 bridgehead atoms. The second kappa shape index (κ2) is 5.95. The number of anilines is 1. The first-order chi connectivity index (χ1) is 9.97. The number of nitrogens with zero attached hydrogens (tertiary/aromatic N) is 2. The molecule has 0 fully saturated rings. The minimum Gasteiger partial charge on any atom is -0.478 e. The first-order valence-corrected chi connectivity index (χ1v) is 5.83. The summed E-state index contributed by atoms with van der Waals surface area (Å²) in [5.41, 5.74) is 0.0129. The van der Waals surface area contributed by atoms with Gasteiger partial charge in [0.15, 0.2) is 0 Å². The standard InChI is InChI=1S/C13H10FN3O4/c14-9-3-1-8(2-4-9)6-15-12-11(13(18)19)5-10(7-16-12)17(20)21/h1-5,7H,6H2,(H,15,16)(H,18,19). The summed E-state index contributed by atoms with van der Waals surface area (Å²) in [6, 6.07) is 6.56. The van der Waals surface area contributed by atoms with Gasteiger partial charge in [-0.3, -0.25) is 10.1 Å². The van der Waals surface area contributed by atoms with Gasteiger partial charge in [-0.2, -0.15) is 0 Å². The minimum absolute atomic E-state index is 0.0115. The van der Waals surface area contributed by atoms with Crippen LogP contribution < -0.4 is 5.32 Å². The molecule has 2 rings (SSSR count). The van der Waals surface area contributed by atoms with E-state index in [1.165, 1.54) is 24.3 Å². The Morgan fingerprint density at radius 3 is 2.62 bits per heavy atom. The number of benzene rings is 1. The molecule has 0 aliphatic heterocycles. The average molecular weight is 291 g/mol. The van der Waals surface area contributed by atoms with Crippen LogP contribution >= 0.6 is 0 Å². The zero-order valence-corrected chi connectivity index (χ0v) is 10.6. The molecule has 1 heterocycles. The number of hydrogen-bond acceptors (Lipinski definition) is 5. The molecule has 7 nitrogen and oxygen atoms in total. The molecule has 0 unspecified atom stereocenters. The highest BCUT2D eigenvalue weighted by Gasteiger charge is 2.17. The van der Waals surface area contributed by atoms with Crippen molar-refractivity contribution in [3.63, 3.8) is 0 Å². The Bertz CT molecular complexity index is 688. The number of nitro groups is 1. The normalized spacial score (nSPS) is 10.1. The van der Waals surface area contributed by atoms with Crippen LogP contribution in [0.1, 0.15) is 15.9 Å². The highest BCUT2D eigenvalue weighted by molar-refractivity contribution is 5.93. The predicted molar refractivity (Wildman–Crippen MR) is 71.6 cm³/mol. The Balaban J connectivity index is 2.21. The highest BCUT2D eigenvalue weighted by atomic mass is 19.1.